The predicted molar refractivity (Wildman–Crippen MR) is 116 cm³/mol. The van der Waals surface area contributed by atoms with Crippen LogP contribution < -0.4 is 10.1 Å². The highest BCUT2D eigenvalue weighted by Gasteiger charge is 2.29. The number of rotatable bonds is 10. The van der Waals surface area contributed by atoms with Crippen LogP contribution in [0.2, 0.25) is 0 Å². The van der Waals surface area contributed by atoms with Gasteiger partial charge in [0.2, 0.25) is 11.8 Å². The van der Waals surface area contributed by atoms with Crippen molar-refractivity contribution in [3.63, 3.8) is 0 Å². The summed E-state index contributed by atoms with van der Waals surface area (Å²) in [5.41, 5.74) is 1.19. The van der Waals surface area contributed by atoms with Gasteiger partial charge in [0.25, 0.3) is 0 Å². The van der Waals surface area contributed by atoms with Crippen LogP contribution in [0.25, 0.3) is 0 Å². The summed E-state index contributed by atoms with van der Waals surface area (Å²) in [7, 11) is 1.59. The van der Waals surface area contributed by atoms with Crippen LogP contribution >= 0.6 is 0 Å². The maximum Gasteiger partial charge on any atom is 0.243 e. The van der Waals surface area contributed by atoms with Crippen LogP contribution in [0.4, 0.5) is 4.39 Å². The molecule has 2 aromatic carbocycles. The van der Waals surface area contributed by atoms with E-state index in [0.717, 1.165) is 12.0 Å². The summed E-state index contributed by atoms with van der Waals surface area (Å²) in [5, 5.41) is 2.97. The highest BCUT2D eigenvalue weighted by atomic mass is 19.1. The van der Waals surface area contributed by atoms with Gasteiger partial charge in [-0.3, -0.25) is 9.59 Å². The number of methoxy groups -OCH3 is 1. The molecule has 6 heteroatoms. The van der Waals surface area contributed by atoms with Gasteiger partial charge in [-0.25, -0.2) is 4.39 Å². The van der Waals surface area contributed by atoms with Crippen molar-refractivity contribution in [2.45, 2.75) is 58.7 Å². The first kappa shape index (κ1) is 23.4. The van der Waals surface area contributed by atoms with Crippen molar-refractivity contribution in [3.8, 4) is 5.75 Å². The standard InChI is InChI=1S/C24H31FN2O3/c1-5-17(3)26-24(29)22(6-2)27(16-18-11-13-20(30-4)14-12-18)23(28)15-19-9-7-8-10-21(19)25/h7-14,17,22H,5-6,15-16H2,1-4H3,(H,26,29)/t17-,22+/m0/s1. The minimum Gasteiger partial charge on any atom is -0.497 e. The summed E-state index contributed by atoms with van der Waals surface area (Å²) in [6, 6.07) is 12.9. The van der Waals surface area contributed by atoms with Gasteiger partial charge >= 0.3 is 0 Å². The maximum atomic E-state index is 14.1. The van der Waals surface area contributed by atoms with Crippen LogP contribution in [-0.4, -0.2) is 35.9 Å². The second kappa shape index (κ2) is 11.3. The number of nitrogens with zero attached hydrogens (tertiary/aromatic N) is 1. The van der Waals surface area contributed by atoms with Crippen molar-refractivity contribution in [3.05, 3.63) is 65.5 Å². The van der Waals surface area contributed by atoms with Crippen LogP contribution in [0.3, 0.4) is 0 Å². The number of benzene rings is 2. The van der Waals surface area contributed by atoms with E-state index in [-0.39, 0.29) is 30.8 Å². The van der Waals surface area contributed by atoms with Gasteiger partial charge in [0.15, 0.2) is 0 Å². The molecule has 0 radical (unpaired) electrons. The van der Waals surface area contributed by atoms with Crippen molar-refractivity contribution in [2.75, 3.05) is 7.11 Å². The predicted octanol–water partition coefficient (Wildman–Crippen LogP) is 4.10. The Kier molecular flexibility index (Phi) is 8.84. The number of ether oxygens (including phenoxy) is 1. The fraction of sp³-hybridized carbons (Fsp3) is 0.417. The Bertz CT molecular complexity index is 839. The lowest BCUT2D eigenvalue weighted by molar-refractivity contribution is -0.141. The summed E-state index contributed by atoms with van der Waals surface area (Å²) < 4.78 is 19.3. The van der Waals surface area contributed by atoms with Gasteiger partial charge in [-0.1, -0.05) is 44.2 Å². The molecule has 162 valence electrons. The molecule has 0 saturated carbocycles. The zero-order chi connectivity index (χ0) is 22.1. The molecule has 0 aliphatic carbocycles. The molecule has 30 heavy (non-hydrogen) atoms. The molecule has 0 saturated heterocycles. The molecule has 0 heterocycles. The molecular formula is C24H31FN2O3. The molecule has 2 amide bonds. The van der Waals surface area contributed by atoms with E-state index in [4.69, 9.17) is 4.74 Å². The highest BCUT2D eigenvalue weighted by Crippen LogP contribution is 2.18. The minimum atomic E-state index is -0.639. The number of carbonyl (C=O) groups is 2. The van der Waals surface area contributed by atoms with Crippen LogP contribution in [0.5, 0.6) is 5.75 Å². The number of halogens is 1. The van der Waals surface area contributed by atoms with Crippen LogP contribution in [0.15, 0.2) is 48.5 Å². The number of hydrogen-bond acceptors (Lipinski definition) is 3. The summed E-state index contributed by atoms with van der Waals surface area (Å²) in [4.78, 5) is 27.7. The summed E-state index contributed by atoms with van der Waals surface area (Å²) in [5.74, 6) is -0.193. The lowest BCUT2D eigenvalue weighted by Crippen LogP contribution is -2.51. The lowest BCUT2D eigenvalue weighted by atomic mass is 10.1. The quantitative estimate of drug-likeness (QED) is 0.637. The molecular weight excluding hydrogens is 383 g/mol. The molecule has 1 N–H and O–H groups in total. The zero-order valence-corrected chi connectivity index (χ0v) is 18.2. The Morgan fingerprint density at radius 3 is 2.30 bits per heavy atom. The molecule has 2 rings (SSSR count). The lowest BCUT2D eigenvalue weighted by Gasteiger charge is -2.31. The van der Waals surface area contributed by atoms with E-state index in [1.807, 2.05) is 45.0 Å². The van der Waals surface area contributed by atoms with Crippen LogP contribution in [-0.2, 0) is 22.6 Å². The van der Waals surface area contributed by atoms with E-state index in [0.29, 0.717) is 17.7 Å². The second-order valence-electron chi connectivity index (χ2n) is 7.38. The van der Waals surface area contributed by atoms with Gasteiger partial charge in [-0.05, 0) is 49.1 Å². The molecule has 2 aromatic rings. The highest BCUT2D eigenvalue weighted by molar-refractivity contribution is 5.88. The normalized spacial score (nSPS) is 12.7. The summed E-state index contributed by atoms with van der Waals surface area (Å²) in [6.45, 7) is 6.05. The number of hydrogen-bond donors (Lipinski definition) is 1. The van der Waals surface area contributed by atoms with E-state index in [2.05, 4.69) is 5.32 Å². The van der Waals surface area contributed by atoms with E-state index in [1.165, 1.54) is 6.07 Å². The fourth-order valence-corrected chi connectivity index (χ4v) is 3.19. The average molecular weight is 415 g/mol. The SMILES string of the molecule is CC[C@H](C(=O)N[C@@H](C)CC)N(Cc1ccc(OC)cc1)C(=O)Cc1ccccc1F. The molecule has 2 atom stereocenters. The first-order valence-electron chi connectivity index (χ1n) is 10.4. The number of carbonyl (C=O) groups excluding carboxylic acids is 2. The molecule has 0 unspecified atom stereocenters. The second-order valence-corrected chi connectivity index (χ2v) is 7.38. The van der Waals surface area contributed by atoms with Crippen molar-refractivity contribution in [1.29, 1.82) is 0 Å². The Hall–Kier alpha value is -2.89. The van der Waals surface area contributed by atoms with Gasteiger partial charge in [0.1, 0.15) is 17.6 Å². The zero-order valence-electron chi connectivity index (χ0n) is 18.2. The van der Waals surface area contributed by atoms with Crippen molar-refractivity contribution >= 4 is 11.8 Å². The van der Waals surface area contributed by atoms with E-state index in [9.17, 15) is 14.0 Å². The molecule has 0 bridgehead atoms. The topological polar surface area (TPSA) is 58.6 Å². The summed E-state index contributed by atoms with van der Waals surface area (Å²) >= 11 is 0. The molecule has 5 nitrogen and oxygen atoms in total. The number of amides is 2. The van der Waals surface area contributed by atoms with Gasteiger partial charge < -0.3 is 15.0 Å². The Balaban J connectivity index is 2.30. The minimum absolute atomic E-state index is 0.0102. The summed E-state index contributed by atoms with van der Waals surface area (Å²) in [6.07, 6.45) is 1.15. The fourth-order valence-electron chi connectivity index (χ4n) is 3.19. The van der Waals surface area contributed by atoms with E-state index in [1.54, 1.807) is 30.2 Å². The molecule has 0 aliphatic rings. The monoisotopic (exact) mass is 414 g/mol. The molecule has 0 aromatic heterocycles. The van der Waals surface area contributed by atoms with Gasteiger partial charge in [0, 0.05) is 12.6 Å². The molecule has 0 fully saturated rings. The third-order valence-electron chi connectivity index (χ3n) is 5.20. The molecule has 0 aliphatic heterocycles. The largest absolute Gasteiger partial charge is 0.497 e. The van der Waals surface area contributed by atoms with Gasteiger partial charge in [-0.15, -0.1) is 0 Å². The first-order chi connectivity index (χ1) is 14.4. The van der Waals surface area contributed by atoms with Crippen LogP contribution in [0.1, 0.15) is 44.7 Å². The van der Waals surface area contributed by atoms with Crippen molar-refractivity contribution in [2.24, 2.45) is 0 Å². The average Bonchev–Trinajstić information content (AvgIpc) is 2.75. The third-order valence-corrected chi connectivity index (χ3v) is 5.20. The Labute approximate surface area is 178 Å². The van der Waals surface area contributed by atoms with Crippen LogP contribution in [0, 0.1) is 5.82 Å². The van der Waals surface area contributed by atoms with Crippen molar-refractivity contribution in [1.82, 2.24) is 10.2 Å². The van der Waals surface area contributed by atoms with E-state index >= 15 is 0 Å². The number of nitrogens with one attached hydrogen (secondary N) is 1. The van der Waals surface area contributed by atoms with E-state index < -0.39 is 11.9 Å². The maximum absolute atomic E-state index is 14.1. The smallest absolute Gasteiger partial charge is 0.243 e. The Morgan fingerprint density at radius 2 is 1.73 bits per heavy atom. The van der Waals surface area contributed by atoms with Crippen molar-refractivity contribution < 1.29 is 18.7 Å². The third kappa shape index (κ3) is 6.31. The van der Waals surface area contributed by atoms with Gasteiger partial charge in [-0.2, -0.15) is 0 Å². The van der Waals surface area contributed by atoms with Gasteiger partial charge in [0.05, 0.1) is 13.5 Å². The molecule has 0 spiro atoms. The first-order valence-corrected chi connectivity index (χ1v) is 10.4. The Morgan fingerprint density at radius 1 is 1.07 bits per heavy atom.